The van der Waals surface area contributed by atoms with Gasteiger partial charge in [0.05, 0.1) is 12.1 Å². The van der Waals surface area contributed by atoms with E-state index in [0.717, 1.165) is 31.7 Å². The molecule has 1 fully saturated rings. The lowest BCUT2D eigenvalue weighted by molar-refractivity contribution is -0.136. The highest BCUT2D eigenvalue weighted by Gasteiger charge is 2.29. The molecule has 1 saturated heterocycles. The quantitative estimate of drug-likeness (QED) is 0.416. The molecule has 1 aliphatic rings. The number of rotatable bonds is 6. The Bertz CT molecular complexity index is 1370. The molecule has 180 valence electrons. The first-order chi connectivity index (χ1) is 16.8. The molecule has 0 atom stereocenters. The van der Waals surface area contributed by atoms with Gasteiger partial charge >= 0.3 is 5.97 Å². The molecule has 0 radical (unpaired) electrons. The standard InChI is InChI=1S/C27H29N5O3/c1-18-20(16-25(33)34)26(31-14-12-27(2,3)13-15-31)32-23(28-18)17-22(30-32)21-10-7-11-24(29-21)35-19-8-5-4-6-9-19/h4-11,17H,12-16H2,1-3H3,(H,33,34). The van der Waals surface area contributed by atoms with Crippen LogP contribution in [0.2, 0.25) is 0 Å². The number of hydrogen-bond donors (Lipinski definition) is 1. The van der Waals surface area contributed by atoms with Crippen molar-refractivity contribution in [3.8, 4) is 23.0 Å². The molecule has 1 aromatic carbocycles. The number of nitrogens with zero attached hydrogens (tertiary/aromatic N) is 5. The number of anilines is 1. The summed E-state index contributed by atoms with van der Waals surface area (Å²) in [4.78, 5) is 23.3. The number of aromatic nitrogens is 4. The number of carboxylic acids is 1. The van der Waals surface area contributed by atoms with Gasteiger partial charge in [0.15, 0.2) is 5.65 Å². The summed E-state index contributed by atoms with van der Waals surface area (Å²) in [7, 11) is 0. The average Bonchev–Trinajstić information content (AvgIpc) is 3.24. The second kappa shape index (κ2) is 9.02. The summed E-state index contributed by atoms with van der Waals surface area (Å²) in [5.41, 5.74) is 3.66. The summed E-state index contributed by atoms with van der Waals surface area (Å²) in [6.45, 7) is 8.10. The molecule has 1 aliphatic heterocycles. The van der Waals surface area contributed by atoms with Crippen molar-refractivity contribution in [2.75, 3.05) is 18.0 Å². The Morgan fingerprint density at radius 2 is 1.77 bits per heavy atom. The lowest BCUT2D eigenvalue weighted by atomic mass is 9.82. The van der Waals surface area contributed by atoms with Crippen LogP contribution in [-0.4, -0.2) is 43.7 Å². The Kier molecular flexibility index (Phi) is 5.88. The number of ether oxygens (including phenoxy) is 1. The summed E-state index contributed by atoms with van der Waals surface area (Å²) in [6, 6.07) is 17.0. The van der Waals surface area contributed by atoms with Gasteiger partial charge in [-0.3, -0.25) is 4.79 Å². The number of aryl methyl sites for hydroxylation is 1. The summed E-state index contributed by atoms with van der Waals surface area (Å²) >= 11 is 0. The zero-order valence-electron chi connectivity index (χ0n) is 20.2. The summed E-state index contributed by atoms with van der Waals surface area (Å²) in [5.74, 6) is 1.11. The predicted molar refractivity (Wildman–Crippen MR) is 134 cm³/mol. The van der Waals surface area contributed by atoms with Gasteiger partial charge in [-0.25, -0.2) is 9.97 Å². The second-order valence-corrected chi connectivity index (χ2v) is 9.80. The van der Waals surface area contributed by atoms with E-state index in [2.05, 4.69) is 23.7 Å². The predicted octanol–water partition coefficient (Wildman–Crippen LogP) is 5.15. The SMILES string of the molecule is Cc1nc2cc(-c3cccc(Oc4ccccc4)n3)nn2c(N2CCC(C)(C)CC2)c1CC(=O)O. The van der Waals surface area contributed by atoms with Crippen LogP contribution < -0.4 is 9.64 Å². The highest BCUT2D eigenvalue weighted by molar-refractivity contribution is 5.75. The van der Waals surface area contributed by atoms with Crippen LogP contribution in [0.3, 0.4) is 0 Å². The number of para-hydroxylation sites is 1. The van der Waals surface area contributed by atoms with Gasteiger partial charge in [-0.05, 0) is 43.4 Å². The Balaban J connectivity index is 1.57. The van der Waals surface area contributed by atoms with Crippen molar-refractivity contribution in [1.82, 2.24) is 19.6 Å². The number of carbonyl (C=O) groups is 1. The molecule has 0 spiro atoms. The fourth-order valence-corrected chi connectivity index (χ4v) is 4.49. The minimum absolute atomic E-state index is 0.0994. The van der Waals surface area contributed by atoms with Gasteiger partial charge in [0.1, 0.15) is 17.3 Å². The molecule has 8 nitrogen and oxygen atoms in total. The lowest BCUT2D eigenvalue weighted by Gasteiger charge is -2.38. The molecule has 4 aromatic rings. The average molecular weight is 472 g/mol. The van der Waals surface area contributed by atoms with Crippen molar-refractivity contribution >= 4 is 17.4 Å². The normalized spacial score (nSPS) is 15.3. The molecule has 5 rings (SSSR count). The van der Waals surface area contributed by atoms with Crippen LogP contribution in [-0.2, 0) is 11.2 Å². The first-order valence-corrected chi connectivity index (χ1v) is 11.9. The molecular formula is C27H29N5O3. The number of fused-ring (bicyclic) bond motifs is 1. The van der Waals surface area contributed by atoms with Crippen molar-refractivity contribution in [1.29, 1.82) is 0 Å². The summed E-state index contributed by atoms with van der Waals surface area (Å²) < 4.78 is 7.68. The highest BCUT2D eigenvalue weighted by atomic mass is 16.5. The van der Waals surface area contributed by atoms with Crippen molar-refractivity contribution < 1.29 is 14.6 Å². The zero-order valence-corrected chi connectivity index (χ0v) is 20.2. The van der Waals surface area contributed by atoms with Crippen LogP contribution in [0, 0.1) is 12.3 Å². The Morgan fingerprint density at radius 3 is 2.49 bits per heavy atom. The van der Waals surface area contributed by atoms with Crippen molar-refractivity contribution in [2.45, 2.75) is 40.0 Å². The van der Waals surface area contributed by atoms with E-state index in [4.69, 9.17) is 14.8 Å². The van der Waals surface area contributed by atoms with E-state index >= 15 is 0 Å². The first-order valence-electron chi connectivity index (χ1n) is 11.9. The Hall–Kier alpha value is -3.94. The third-order valence-corrected chi connectivity index (χ3v) is 6.58. The van der Waals surface area contributed by atoms with Crippen molar-refractivity contribution in [3.63, 3.8) is 0 Å². The largest absolute Gasteiger partial charge is 0.481 e. The van der Waals surface area contributed by atoms with Gasteiger partial charge in [-0.1, -0.05) is 38.1 Å². The molecule has 3 aromatic heterocycles. The maximum Gasteiger partial charge on any atom is 0.308 e. The molecule has 0 unspecified atom stereocenters. The van der Waals surface area contributed by atoms with Crippen LogP contribution in [0.25, 0.3) is 17.0 Å². The van der Waals surface area contributed by atoms with Crippen LogP contribution in [0.15, 0.2) is 54.6 Å². The zero-order chi connectivity index (χ0) is 24.6. The van der Waals surface area contributed by atoms with E-state index in [1.807, 2.05) is 55.5 Å². The van der Waals surface area contributed by atoms with E-state index < -0.39 is 5.97 Å². The topological polar surface area (TPSA) is 92.9 Å². The molecule has 35 heavy (non-hydrogen) atoms. The summed E-state index contributed by atoms with van der Waals surface area (Å²) in [5, 5.41) is 14.5. The van der Waals surface area contributed by atoms with Gasteiger partial charge in [-0.15, -0.1) is 0 Å². The number of hydrogen-bond acceptors (Lipinski definition) is 6. The smallest absolute Gasteiger partial charge is 0.308 e. The van der Waals surface area contributed by atoms with E-state index in [9.17, 15) is 9.90 Å². The van der Waals surface area contributed by atoms with Crippen LogP contribution in [0.5, 0.6) is 11.6 Å². The van der Waals surface area contributed by atoms with E-state index in [1.165, 1.54) is 0 Å². The van der Waals surface area contributed by atoms with E-state index in [1.54, 1.807) is 10.6 Å². The monoisotopic (exact) mass is 471 g/mol. The fourth-order valence-electron chi connectivity index (χ4n) is 4.49. The fraction of sp³-hybridized carbons (Fsp3) is 0.333. The van der Waals surface area contributed by atoms with Crippen molar-refractivity contribution in [3.05, 3.63) is 65.9 Å². The van der Waals surface area contributed by atoms with E-state index in [-0.39, 0.29) is 11.8 Å². The van der Waals surface area contributed by atoms with Gasteiger partial charge in [0, 0.05) is 36.5 Å². The molecule has 0 aliphatic carbocycles. The van der Waals surface area contributed by atoms with E-state index in [0.29, 0.717) is 39.9 Å². The van der Waals surface area contributed by atoms with Crippen LogP contribution >= 0.6 is 0 Å². The van der Waals surface area contributed by atoms with Gasteiger partial charge in [0.2, 0.25) is 5.88 Å². The molecule has 8 heteroatoms. The molecule has 1 N–H and O–H groups in total. The molecule has 4 heterocycles. The number of aliphatic carboxylic acids is 1. The Morgan fingerprint density at radius 1 is 1.03 bits per heavy atom. The lowest BCUT2D eigenvalue weighted by Crippen LogP contribution is -2.39. The van der Waals surface area contributed by atoms with Crippen LogP contribution in [0.1, 0.15) is 37.9 Å². The second-order valence-electron chi connectivity index (χ2n) is 9.80. The first kappa shape index (κ1) is 22.8. The minimum Gasteiger partial charge on any atom is -0.481 e. The van der Waals surface area contributed by atoms with Gasteiger partial charge < -0.3 is 14.7 Å². The van der Waals surface area contributed by atoms with Crippen molar-refractivity contribution in [2.24, 2.45) is 5.41 Å². The molecule has 0 bridgehead atoms. The molecule has 0 amide bonds. The minimum atomic E-state index is -0.882. The number of pyridine rings is 1. The summed E-state index contributed by atoms with van der Waals surface area (Å²) in [6.07, 6.45) is 1.95. The number of piperidine rings is 1. The molecular weight excluding hydrogens is 442 g/mol. The van der Waals surface area contributed by atoms with Crippen LogP contribution in [0.4, 0.5) is 5.82 Å². The maximum atomic E-state index is 11.7. The Labute approximate surface area is 204 Å². The van der Waals surface area contributed by atoms with Gasteiger partial charge in [-0.2, -0.15) is 9.61 Å². The molecule has 0 saturated carbocycles. The third-order valence-electron chi connectivity index (χ3n) is 6.58. The number of benzene rings is 1. The maximum absolute atomic E-state index is 11.7. The highest BCUT2D eigenvalue weighted by Crippen LogP contribution is 2.35. The third kappa shape index (κ3) is 4.82. The number of carboxylic acid groups (broad SMARTS) is 1. The van der Waals surface area contributed by atoms with Gasteiger partial charge in [0.25, 0.3) is 0 Å².